The van der Waals surface area contributed by atoms with Gasteiger partial charge in [-0.15, -0.1) is 11.3 Å². The zero-order chi connectivity index (χ0) is 41.4. The van der Waals surface area contributed by atoms with Crippen LogP contribution in [0.2, 0.25) is 0 Å². The van der Waals surface area contributed by atoms with Gasteiger partial charge < -0.3 is 0 Å². The molecule has 0 saturated heterocycles. The minimum atomic E-state index is 1.22. The second-order valence-corrected chi connectivity index (χ2v) is 17.8. The number of thiophene rings is 1. The largest absolute Gasteiger partial charge is 0.135 e. The molecule has 0 aliphatic rings. The highest BCUT2D eigenvalue weighted by molar-refractivity contribution is 7.19. The second-order valence-electron chi connectivity index (χ2n) is 16.7. The maximum absolute atomic E-state index is 2.46. The summed E-state index contributed by atoms with van der Waals surface area (Å²) in [5, 5.41) is 17.7. The van der Waals surface area contributed by atoms with Crippen LogP contribution in [0.1, 0.15) is 0 Å². The molecule has 0 fully saturated rings. The number of benzene rings is 12. The molecule has 0 aliphatic carbocycles. The maximum atomic E-state index is 2.46. The molecule has 0 radical (unpaired) electrons. The molecule has 0 aliphatic heterocycles. The van der Waals surface area contributed by atoms with E-state index < -0.39 is 0 Å². The van der Waals surface area contributed by atoms with Crippen LogP contribution in [-0.2, 0) is 0 Å². The minimum Gasteiger partial charge on any atom is -0.135 e. The van der Waals surface area contributed by atoms with Crippen LogP contribution in [0, 0.1) is 0 Å². The highest BCUT2D eigenvalue weighted by atomic mass is 32.1. The van der Waals surface area contributed by atoms with E-state index in [-0.39, 0.29) is 0 Å². The van der Waals surface area contributed by atoms with Crippen LogP contribution in [0.25, 0.3) is 130 Å². The average molecular weight is 815 g/mol. The summed E-state index contributed by atoms with van der Waals surface area (Å²) < 4.78 is 0. The Balaban J connectivity index is 1.03. The lowest BCUT2D eigenvalue weighted by molar-refractivity contribution is 1.68. The molecule has 0 N–H and O–H groups in total. The van der Waals surface area contributed by atoms with E-state index >= 15 is 0 Å². The van der Waals surface area contributed by atoms with E-state index in [0.29, 0.717) is 0 Å². The monoisotopic (exact) mass is 814 g/mol. The van der Waals surface area contributed by atoms with Crippen molar-refractivity contribution in [3.63, 3.8) is 0 Å². The van der Waals surface area contributed by atoms with Gasteiger partial charge in [-0.3, -0.25) is 0 Å². The molecule has 0 saturated carbocycles. The van der Waals surface area contributed by atoms with Crippen molar-refractivity contribution in [3.8, 4) is 54.3 Å². The van der Waals surface area contributed by atoms with Gasteiger partial charge in [0.15, 0.2) is 0 Å². The molecule has 1 aromatic heterocycles. The topological polar surface area (TPSA) is 0 Å². The Morgan fingerprint density at radius 2 is 0.508 bits per heavy atom. The molecule has 0 nitrogen and oxygen atoms in total. The molecular formula is C62H38S. The molecule has 0 spiro atoms. The summed E-state index contributed by atoms with van der Waals surface area (Å²) in [6, 6.07) is 85.7. The lowest BCUT2D eigenvalue weighted by Gasteiger charge is -2.19. The second kappa shape index (κ2) is 14.4. The minimum absolute atomic E-state index is 1.22. The van der Waals surface area contributed by atoms with Gasteiger partial charge in [0.1, 0.15) is 0 Å². The van der Waals surface area contributed by atoms with Gasteiger partial charge in [0.05, 0.1) is 0 Å². The van der Waals surface area contributed by atoms with Crippen LogP contribution in [0.15, 0.2) is 231 Å². The van der Waals surface area contributed by atoms with Crippen molar-refractivity contribution in [2.45, 2.75) is 0 Å². The first kappa shape index (κ1) is 35.9. The summed E-state index contributed by atoms with van der Waals surface area (Å²) in [7, 11) is 0. The van der Waals surface area contributed by atoms with Crippen molar-refractivity contribution in [1.29, 1.82) is 0 Å². The maximum Gasteiger partial charge on any atom is 0.0361 e. The van der Waals surface area contributed by atoms with Gasteiger partial charge in [-0.2, -0.15) is 0 Å². The van der Waals surface area contributed by atoms with Gasteiger partial charge in [-0.05, 0) is 151 Å². The third-order valence-corrected chi connectivity index (χ3v) is 14.4. The number of hydrogen-bond donors (Lipinski definition) is 0. The Kier molecular flexibility index (Phi) is 8.19. The van der Waals surface area contributed by atoms with Gasteiger partial charge in [-0.25, -0.2) is 0 Å². The summed E-state index contributed by atoms with van der Waals surface area (Å²) >= 11 is 1.89. The molecule has 12 aromatic carbocycles. The van der Waals surface area contributed by atoms with E-state index in [0.717, 1.165) is 0 Å². The molecular weight excluding hydrogens is 777 g/mol. The Morgan fingerprint density at radius 1 is 0.190 bits per heavy atom. The van der Waals surface area contributed by atoms with Crippen LogP contribution in [-0.4, -0.2) is 0 Å². The van der Waals surface area contributed by atoms with Crippen LogP contribution >= 0.6 is 11.3 Å². The van der Waals surface area contributed by atoms with Crippen molar-refractivity contribution in [2.24, 2.45) is 0 Å². The SMILES string of the molecule is c1ccc2cc(-c3c4ccccc4c(-c4ccc5ccccc5c4)c4cc(-c5ccc(-c6c7ccccc7c(-c7ccc8ccccc8c7)c7ccccc67)s5)ccc34)ccc2c1. The summed E-state index contributed by atoms with van der Waals surface area (Å²) in [5.41, 5.74) is 10.1. The molecule has 13 aromatic rings. The third kappa shape index (κ3) is 5.82. The van der Waals surface area contributed by atoms with Crippen LogP contribution in [0.5, 0.6) is 0 Å². The molecule has 63 heavy (non-hydrogen) atoms. The van der Waals surface area contributed by atoms with E-state index in [9.17, 15) is 0 Å². The number of rotatable bonds is 5. The van der Waals surface area contributed by atoms with Crippen LogP contribution in [0.4, 0.5) is 0 Å². The average Bonchev–Trinajstić information content (AvgIpc) is 3.84. The first-order valence-electron chi connectivity index (χ1n) is 21.7. The summed E-state index contributed by atoms with van der Waals surface area (Å²) in [6.45, 7) is 0. The van der Waals surface area contributed by atoms with Crippen molar-refractivity contribution in [2.75, 3.05) is 0 Å². The van der Waals surface area contributed by atoms with E-state index in [2.05, 4.69) is 231 Å². The zero-order valence-corrected chi connectivity index (χ0v) is 35.2. The molecule has 292 valence electrons. The Morgan fingerprint density at radius 3 is 0.937 bits per heavy atom. The quantitative estimate of drug-likeness (QED) is 0.152. The van der Waals surface area contributed by atoms with Gasteiger partial charge in [-0.1, -0.05) is 194 Å². The van der Waals surface area contributed by atoms with E-state index in [1.807, 2.05) is 11.3 Å². The first-order valence-corrected chi connectivity index (χ1v) is 22.6. The van der Waals surface area contributed by atoms with E-state index in [4.69, 9.17) is 0 Å². The Labute approximate surface area is 369 Å². The lowest BCUT2D eigenvalue weighted by atomic mass is 9.84. The van der Waals surface area contributed by atoms with Crippen molar-refractivity contribution < 1.29 is 0 Å². The predicted molar refractivity (Wildman–Crippen MR) is 274 cm³/mol. The summed E-state index contributed by atoms with van der Waals surface area (Å²) in [5.74, 6) is 0. The Hall–Kier alpha value is -7.84. The van der Waals surface area contributed by atoms with Crippen molar-refractivity contribution in [3.05, 3.63) is 231 Å². The normalized spacial score (nSPS) is 11.8. The van der Waals surface area contributed by atoms with Gasteiger partial charge in [0.25, 0.3) is 0 Å². The van der Waals surface area contributed by atoms with Crippen LogP contribution < -0.4 is 0 Å². The molecule has 0 atom stereocenters. The fourth-order valence-corrected chi connectivity index (χ4v) is 11.4. The van der Waals surface area contributed by atoms with Gasteiger partial charge >= 0.3 is 0 Å². The predicted octanol–water partition coefficient (Wildman–Crippen LogP) is 18.2. The van der Waals surface area contributed by atoms with Crippen molar-refractivity contribution in [1.82, 2.24) is 0 Å². The zero-order valence-electron chi connectivity index (χ0n) is 34.3. The van der Waals surface area contributed by atoms with Crippen LogP contribution in [0.3, 0.4) is 0 Å². The molecule has 13 rings (SSSR count). The number of fused-ring (bicyclic) bond motifs is 7. The fourth-order valence-electron chi connectivity index (χ4n) is 10.3. The third-order valence-electron chi connectivity index (χ3n) is 13.2. The van der Waals surface area contributed by atoms with E-state index in [1.165, 1.54) is 130 Å². The van der Waals surface area contributed by atoms with Gasteiger partial charge in [0, 0.05) is 15.3 Å². The highest BCUT2D eigenvalue weighted by Gasteiger charge is 2.21. The van der Waals surface area contributed by atoms with Crippen molar-refractivity contribution >= 4 is 86.7 Å². The molecule has 0 amide bonds. The first-order chi connectivity index (χ1) is 31.2. The molecule has 0 unspecified atom stereocenters. The summed E-state index contributed by atoms with van der Waals surface area (Å²) in [6.07, 6.45) is 0. The van der Waals surface area contributed by atoms with Gasteiger partial charge in [0.2, 0.25) is 0 Å². The molecule has 1 heteroatoms. The molecule has 1 heterocycles. The lowest BCUT2D eigenvalue weighted by Crippen LogP contribution is -1.92. The summed E-state index contributed by atoms with van der Waals surface area (Å²) in [4.78, 5) is 2.52. The smallest absolute Gasteiger partial charge is 0.0361 e. The Bertz CT molecular complexity index is 3920. The number of hydrogen-bond acceptors (Lipinski definition) is 1. The highest BCUT2D eigenvalue weighted by Crippen LogP contribution is 2.49. The fraction of sp³-hybridized carbons (Fsp3) is 0. The standard InChI is InChI=1S/C62H38S/c1-4-16-42-35-46(28-25-39(42)13-1)59-51-21-9-11-23-53(51)62(54-24-12-10-22-52(54)59)58-34-33-57(63-58)45-31-32-55-56(38-45)61(48-30-27-41-15-3-6-18-44(41)37-48)50-20-8-7-19-49(50)60(55)47-29-26-40-14-2-5-17-43(40)36-47/h1-38H. The van der Waals surface area contributed by atoms with E-state index in [1.54, 1.807) is 0 Å². The molecule has 0 bridgehead atoms.